The Morgan fingerprint density at radius 1 is 1.35 bits per heavy atom. The first-order valence-corrected chi connectivity index (χ1v) is 5.98. The van der Waals surface area contributed by atoms with Crippen LogP contribution in [0.25, 0.3) is 0 Å². The van der Waals surface area contributed by atoms with Gasteiger partial charge in [0.2, 0.25) is 0 Å². The van der Waals surface area contributed by atoms with Gasteiger partial charge < -0.3 is 10.5 Å². The second kappa shape index (κ2) is 5.68. The van der Waals surface area contributed by atoms with Crippen molar-refractivity contribution in [2.75, 3.05) is 13.2 Å². The highest BCUT2D eigenvalue weighted by atomic mass is 16.6. The zero-order chi connectivity index (χ0) is 12.1. The van der Waals surface area contributed by atoms with E-state index in [9.17, 15) is 4.79 Å². The van der Waals surface area contributed by atoms with E-state index in [1.807, 2.05) is 30.3 Å². The zero-order valence-corrected chi connectivity index (χ0v) is 9.84. The molecule has 1 aliphatic rings. The average molecular weight is 234 g/mol. The molecule has 1 unspecified atom stereocenters. The highest BCUT2D eigenvalue weighted by molar-refractivity contribution is 5.70. The van der Waals surface area contributed by atoms with Crippen molar-refractivity contribution in [3.05, 3.63) is 35.9 Å². The summed E-state index contributed by atoms with van der Waals surface area (Å²) in [6, 6.07) is 10.1. The molecule has 0 radical (unpaired) electrons. The molecule has 17 heavy (non-hydrogen) atoms. The molecule has 2 N–H and O–H groups in total. The molecule has 1 aliphatic heterocycles. The van der Waals surface area contributed by atoms with Crippen LogP contribution in [0.3, 0.4) is 0 Å². The van der Waals surface area contributed by atoms with Crippen LogP contribution < -0.4 is 5.73 Å². The largest absolute Gasteiger partial charge is 0.447 e. The van der Waals surface area contributed by atoms with Gasteiger partial charge in [-0.3, -0.25) is 4.90 Å². The predicted molar refractivity (Wildman–Crippen MR) is 65.4 cm³/mol. The number of benzene rings is 1. The van der Waals surface area contributed by atoms with Crippen molar-refractivity contribution < 1.29 is 9.53 Å². The second-order valence-corrected chi connectivity index (χ2v) is 4.28. The molecule has 1 atom stereocenters. The molecule has 0 aromatic heterocycles. The zero-order valence-electron chi connectivity index (χ0n) is 9.84. The van der Waals surface area contributed by atoms with Gasteiger partial charge in [0.05, 0.1) is 6.04 Å². The van der Waals surface area contributed by atoms with Crippen molar-refractivity contribution >= 4 is 6.09 Å². The lowest BCUT2D eigenvalue weighted by Gasteiger charge is -2.21. The van der Waals surface area contributed by atoms with Crippen molar-refractivity contribution in [3.8, 4) is 0 Å². The molecule has 0 saturated carbocycles. The van der Waals surface area contributed by atoms with Crippen LogP contribution in [0.4, 0.5) is 4.79 Å². The summed E-state index contributed by atoms with van der Waals surface area (Å²) in [6.45, 7) is 1.77. The molecule has 1 saturated heterocycles. The Bertz CT molecular complexity index is 367. The Kier molecular flexibility index (Phi) is 3.98. The Labute approximate surface area is 101 Å². The molecule has 1 aromatic rings. The van der Waals surface area contributed by atoms with Gasteiger partial charge in [0.1, 0.15) is 6.61 Å². The van der Waals surface area contributed by atoms with Gasteiger partial charge in [-0.2, -0.15) is 0 Å². The monoisotopic (exact) mass is 234 g/mol. The molecule has 1 heterocycles. The molecular weight excluding hydrogens is 216 g/mol. The summed E-state index contributed by atoms with van der Waals surface area (Å²) in [7, 11) is 0. The number of rotatable bonds is 5. The molecule has 92 valence electrons. The number of carbonyl (C=O) groups excluding carboxylic acids is 1. The van der Waals surface area contributed by atoms with E-state index in [0.29, 0.717) is 19.7 Å². The Morgan fingerprint density at radius 2 is 2.12 bits per heavy atom. The lowest BCUT2D eigenvalue weighted by Crippen LogP contribution is -2.33. The van der Waals surface area contributed by atoms with Gasteiger partial charge in [0.25, 0.3) is 0 Å². The van der Waals surface area contributed by atoms with Crippen LogP contribution in [0, 0.1) is 0 Å². The standard InChI is InChI=1S/C13H18N2O2/c14-8-4-7-12-10-17-13(16)15(12)9-11-5-2-1-3-6-11/h1-3,5-6,12H,4,7-10,14H2. The molecule has 1 aromatic carbocycles. The summed E-state index contributed by atoms with van der Waals surface area (Å²) >= 11 is 0. The number of amides is 1. The van der Waals surface area contributed by atoms with Gasteiger partial charge in [-0.1, -0.05) is 30.3 Å². The first kappa shape index (κ1) is 11.9. The van der Waals surface area contributed by atoms with Gasteiger partial charge in [0.15, 0.2) is 0 Å². The van der Waals surface area contributed by atoms with Crippen LogP contribution in [-0.2, 0) is 11.3 Å². The Morgan fingerprint density at radius 3 is 2.82 bits per heavy atom. The Hall–Kier alpha value is -1.55. The minimum Gasteiger partial charge on any atom is -0.447 e. The molecule has 1 fully saturated rings. The van der Waals surface area contributed by atoms with E-state index in [0.717, 1.165) is 18.4 Å². The van der Waals surface area contributed by atoms with E-state index < -0.39 is 0 Å². The molecule has 2 rings (SSSR count). The fourth-order valence-electron chi connectivity index (χ4n) is 2.06. The molecule has 1 amide bonds. The number of nitrogens with zero attached hydrogens (tertiary/aromatic N) is 1. The number of carbonyl (C=O) groups is 1. The minimum atomic E-state index is -0.212. The normalized spacial score (nSPS) is 19.5. The molecule has 4 nitrogen and oxygen atoms in total. The number of ether oxygens (including phenoxy) is 1. The molecule has 0 bridgehead atoms. The average Bonchev–Trinajstić information content (AvgIpc) is 2.70. The summed E-state index contributed by atoms with van der Waals surface area (Å²) in [6.07, 6.45) is 1.62. The predicted octanol–water partition coefficient (Wildman–Crippen LogP) is 1.75. The van der Waals surface area contributed by atoms with Gasteiger partial charge in [-0.05, 0) is 24.9 Å². The van der Waals surface area contributed by atoms with Crippen molar-refractivity contribution in [3.63, 3.8) is 0 Å². The van der Waals surface area contributed by atoms with Crippen molar-refractivity contribution in [1.29, 1.82) is 0 Å². The highest BCUT2D eigenvalue weighted by Crippen LogP contribution is 2.19. The maximum atomic E-state index is 11.6. The Balaban J connectivity index is 1.99. The van der Waals surface area contributed by atoms with Gasteiger partial charge in [0, 0.05) is 6.54 Å². The summed E-state index contributed by atoms with van der Waals surface area (Å²) in [4.78, 5) is 13.4. The SMILES string of the molecule is NCCCC1COC(=O)N1Cc1ccccc1. The fraction of sp³-hybridized carbons (Fsp3) is 0.462. The van der Waals surface area contributed by atoms with E-state index in [4.69, 9.17) is 10.5 Å². The molecule has 0 aliphatic carbocycles. The fourth-order valence-corrected chi connectivity index (χ4v) is 2.06. The van der Waals surface area contributed by atoms with E-state index in [-0.39, 0.29) is 12.1 Å². The summed E-state index contributed by atoms with van der Waals surface area (Å²) in [5.41, 5.74) is 6.62. The third-order valence-electron chi connectivity index (χ3n) is 3.01. The quantitative estimate of drug-likeness (QED) is 0.844. The lowest BCUT2D eigenvalue weighted by atomic mass is 10.1. The minimum absolute atomic E-state index is 0.172. The van der Waals surface area contributed by atoms with E-state index in [1.165, 1.54) is 0 Å². The van der Waals surface area contributed by atoms with Crippen molar-refractivity contribution in [1.82, 2.24) is 4.90 Å². The van der Waals surface area contributed by atoms with Crippen LogP contribution in [0.5, 0.6) is 0 Å². The van der Waals surface area contributed by atoms with Crippen LogP contribution in [0.1, 0.15) is 18.4 Å². The summed E-state index contributed by atoms with van der Waals surface area (Å²) in [5.74, 6) is 0. The van der Waals surface area contributed by atoms with E-state index in [1.54, 1.807) is 4.90 Å². The van der Waals surface area contributed by atoms with Gasteiger partial charge in [-0.15, -0.1) is 0 Å². The van der Waals surface area contributed by atoms with Crippen molar-refractivity contribution in [2.24, 2.45) is 5.73 Å². The van der Waals surface area contributed by atoms with Crippen LogP contribution >= 0.6 is 0 Å². The molecule has 0 spiro atoms. The summed E-state index contributed by atoms with van der Waals surface area (Å²) in [5, 5.41) is 0. The number of hydrogen-bond donors (Lipinski definition) is 1. The maximum Gasteiger partial charge on any atom is 0.410 e. The van der Waals surface area contributed by atoms with E-state index >= 15 is 0 Å². The smallest absolute Gasteiger partial charge is 0.410 e. The van der Waals surface area contributed by atoms with Gasteiger partial charge >= 0.3 is 6.09 Å². The molecule has 4 heteroatoms. The third kappa shape index (κ3) is 2.97. The van der Waals surface area contributed by atoms with E-state index in [2.05, 4.69) is 0 Å². The summed E-state index contributed by atoms with van der Waals surface area (Å²) < 4.78 is 5.09. The number of cyclic esters (lactones) is 1. The molecular formula is C13H18N2O2. The lowest BCUT2D eigenvalue weighted by molar-refractivity contribution is 0.156. The van der Waals surface area contributed by atoms with Crippen LogP contribution in [0.2, 0.25) is 0 Å². The number of nitrogens with two attached hydrogens (primary N) is 1. The van der Waals surface area contributed by atoms with Crippen LogP contribution in [0.15, 0.2) is 30.3 Å². The highest BCUT2D eigenvalue weighted by Gasteiger charge is 2.32. The first-order chi connectivity index (χ1) is 8.31. The second-order valence-electron chi connectivity index (χ2n) is 4.28. The third-order valence-corrected chi connectivity index (χ3v) is 3.01. The van der Waals surface area contributed by atoms with Gasteiger partial charge in [-0.25, -0.2) is 4.79 Å². The maximum absolute atomic E-state index is 11.6. The first-order valence-electron chi connectivity index (χ1n) is 5.98. The van der Waals surface area contributed by atoms with Crippen molar-refractivity contribution in [2.45, 2.75) is 25.4 Å². The number of hydrogen-bond acceptors (Lipinski definition) is 3. The van der Waals surface area contributed by atoms with Crippen LogP contribution in [-0.4, -0.2) is 30.2 Å². The topological polar surface area (TPSA) is 55.6 Å².